The van der Waals surface area contributed by atoms with E-state index < -0.39 is 0 Å². The zero-order chi connectivity index (χ0) is 16.0. The average molecular weight is 306 g/mol. The first-order chi connectivity index (χ1) is 10.8. The molecule has 0 saturated carbocycles. The molecule has 0 aromatic heterocycles. The first kappa shape index (κ1) is 18.5. The molecule has 124 valence electrons. The second-order valence-corrected chi connectivity index (χ2v) is 5.60. The van der Waals surface area contributed by atoms with E-state index in [4.69, 9.17) is 9.47 Å². The van der Waals surface area contributed by atoms with Crippen molar-refractivity contribution in [1.29, 1.82) is 0 Å². The van der Waals surface area contributed by atoms with Gasteiger partial charge in [-0.2, -0.15) is 0 Å². The third-order valence-corrected chi connectivity index (χ3v) is 3.59. The van der Waals surface area contributed by atoms with Gasteiger partial charge in [0, 0.05) is 0 Å². The third-order valence-electron chi connectivity index (χ3n) is 3.59. The first-order valence-corrected chi connectivity index (χ1v) is 8.68. The molecule has 0 fully saturated rings. The van der Waals surface area contributed by atoms with E-state index in [1.54, 1.807) is 6.07 Å². The SMILES string of the molecule is CCCCCCCCOc1ccccc1C(=O)OCCCC. The summed E-state index contributed by atoms with van der Waals surface area (Å²) in [6, 6.07) is 7.34. The number of hydrogen-bond acceptors (Lipinski definition) is 3. The van der Waals surface area contributed by atoms with Crippen LogP contribution in [0.4, 0.5) is 0 Å². The topological polar surface area (TPSA) is 35.5 Å². The highest BCUT2D eigenvalue weighted by Gasteiger charge is 2.13. The molecule has 1 aromatic carbocycles. The normalized spacial score (nSPS) is 10.5. The predicted molar refractivity (Wildman–Crippen MR) is 90.5 cm³/mol. The molecule has 0 bridgehead atoms. The molecule has 0 aliphatic rings. The number of hydrogen-bond donors (Lipinski definition) is 0. The van der Waals surface area contributed by atoms with Gasteiger partial charge in [-0.3, -0.25) is 0 Å². The molecule has 1 aromatic rings. The van der Waals surface area contributed by atoms with Crippen molar-refractivity contribution in [3.63, 3.8) is 0 Å². The number of carbonyl (C=O) groups excluding carboxylic acids is 1. The van der Waals surface area contributed by atoms with Gasteiger partial charge in [-0.05, 0) is 25.0 Å². The molecular weight excluding hydrogens is 276 g/mol. The summed E-state index contributed by atoms with van der Waals surface area (Å²) in [6.45, 7) is 5.43. The van der Waals surface area contributed by atoms with E-state index in [9.17, 15) is 4.79 Å². The number of carbonyl (C=O) groups is 1. The van der Waals surface area contributed by atoms with Crippen molar-refractivity contribution < 1.29 is 14.3 Å². The minimum absolute atomic E-state index is 0.285. The summed E-state index contributed by atoms with van der Waals surface area (Å²) in [6.07, 6.45) is 9.27. The number of ether oxygens (including phenoxy) is 2. The Morgan fingerprint density at radius 3 is 2.32 bits per heavy atom. The van der Waals surface area contributed by atoms with Crippen LogP contribution in [0.2, 0.25) is 0 Å². The van der Waals surface area contributed by atoms with Crippen LogP contribution in [0.1, 0.15) is 75.6 Å². The molecule has 0 amide bonds. The summed E-state index contributed by atoms with van der Waals surface area (Å²) in [7, 11) is 0. The highest BCUT2D eigenvalue weighted by Crippen LogP contribution is 2.19. The van der Waals surface area contributed by atoms with Gasteiger partial charge in [0.1, 0.15) is 11.3 Å². The highest BCUT2D eigenvalue weighted by molar-refractivity contribution is 5.92. The Morgan fingerprint density at radius 1 is 0.864 bits per heavy atom. The quantitative estimate of drug-likeness (QED) is 0.384. The Morgan fingerprint density at radius 2 is 1.55 bits per heavy atom. The van der Waals surface area contributed by atoms with E-state index >= 15 is 0 Å². The van der Waals surface area contributed by atoms with Gasteiger partial charge >= 0.3 is 5.97 Å². The molecule has 22 heavy (non-hydrogen) atoms. The molecule has 1 rings (SSSR count). The molecule has 0 heterocycles. The zero-order valence-electron chi connectivity index (χ0n) is 14.1. The lowest BCUT2D eigenvalue weighted by atomic mass is 10.1. The highest BCUT2D eigenvalue weighted by atomic mass is 16.5. The largest absolute Gasteiger partial charge is 0.493 e. The van der Waals surface area contributed by atoms with E-state index in [1.165, 1.54) is 32.1 Å². The summed E-state index contributed by atoms with van der Waals surface area (Å²) in [5.41, 5.74) is 0.532. The summed E-state index contributed by atoms with van der Waals surface area (Å²) in [5.74, 6) is 0.351. The van der Waals surface area contributed by atoms with Crippen LogP contribution in [0, 0.1) is 0 Å². The molecule has 0 spiro atoms. The summed E-state index contributed by atoms with van der Waals surface area (Å²) < 4.78 is 11.0. The van der Waals surface area contributed by atoms with E-state index in [2.05, 4.69) is 13.8 Å². The van der Waals surface area contributed by atoms with Crippen LogP contribution >= 0.6 is 0 Å². The fourth-order valence-corrected chi connectivity index (χ4v) is 2.21. The standard InChI is InChI=1S/C19H30O3/c1-3-5-7-8-9-12-16-21-18-14-11-10-13-17(18)19(20)22-15-6-4-2/h10-11,13-14H,3-9,12,15-16H2,1-2H3. The van der Waals surface area contributed by atoms with Crippen LogP contribution in [-0.4, -0.2) is 19.2 Å². The third kappa shape index (κ3) is 7.48. The smallest absolute Gasteiger partial charge is 0.341 e. The minimum atomic E-state index is -0.285. The maximum Gasteiger partial charge on any atom is 0.341 e. The molecule has 0 aliphatic heterocycles. The van der Waals surface area contributed by atoms with Crippen molar-refractivity contribution in [1.82, 2.24) is 0 Å². The Kier molecular flexibility index (Phi) is 10.2. The van der Waals surface area contributed by atoms with Gasteiger partial charge in [0.25, 0.3) is 0 Å². The van der Waals surface area contributed by atoms with Gasteiger partial charge < -0.3 is 9.47 Å². The number of benzene rings is 1. The summed E-state index contributed by atoms with van der Waals surface area (Å²) in [4.78, 5) is 12.0. The number of unbranched alkanes of at least 4 members (excludes halogenated alkanes) is 6. The number of para-hydroxylation sites is 1. The van der Waals surface area contributed by atoms with Gasteiger partial charge in [-0.25, -0.2) is 4.79 Å². The van der Waals surface area contributed by atoms with Crippen LogP contribution in [0.3, 0.4) is 0 Å². The predicted octanol–water partition coefficient (Wildman–Crippen LogP) is 5.38. The van der Waals surface area contributed by atoms with Crippen molar-refractivity contribution in [3.8, 4) is 5.75 Å². The average Bonchev–Trinajstić information content (AvgIpc) is 2.54. The second-order valence-electron chi connectivity index (χ2n) is 5.60. The summed E-state index contributed by atoms with van der Waals surface area (Å²) >= 11 is 0. The zero-order valence-corrected chi connectivity index (χ0v) is 14.1. The van der Waals surface area contributed by atoms with E-state index in [-0.39, 0.29) is 5.97 Å². The summed E-state index contributed by atoms with van der Waals surface area (Å²) in [5, 5.41) is 0. The van der Waals surface area contributed by atoms with Crippen molar-refractivity contribution >= 4 is 5.97 Å². The number of rotatable bonds is 12. The van der Waals surface area contributed by atoms with E-state index in [0.29, 0.717) is 24.5 Å². The Bertz CT molecular complexity index is 415. The van der Waals surface area contributed by atoms with Crippen LogP contribution in [-0.2, 0) is 4.74 Å². The Labute approximate surface area is 135 Å². The van der Waals surface area contributed by atoms with Gasteiger partial charge in [0.15, 0.2) is 0 Å². The molecule has 3 heteroatoms. The molecule has 0 unspecified atom stereocenters. The minimum Gasteiger partial charge on any atom is -0.493 e. The molecule has 0 radical (unpaired) electrons. The number of esters is 1. The monoisotopic (exact) mass is 306 g/mol. The lowest BCUT2D eigenvalue weighted by molar-refractivity contribution is 0.0495. The van der Waals surface area contributed by atoms with Crippen LogP contribution in [0.15, 0.2) is 24.3 Å². The van der Waals surface area contributed by atoms with E-state index in [0.717, 1.165) is 19.3 Å². The lowest BCUT2D eigenvalue weighted by Crippen LogP contribution is -2.09. The van der Waals surface area contributed by atoms with Crippen LogP contribution < -0.4 is 4.74 Å². The lowest BCUT2D eigenvalue weighted by Gasteiger charge is -2.11. The van der Waals surface area contributed by atoms with Crippen molar-refractivity contribution in [3.05, 3.63) is 29.8 Å². The molecule has 3 nitrogen and oxygen atoms in total. The van der Waals surface area contributed by atoms with Crippen LogP contribution in [0.25, 0.3) is 0 Å². The van der Waals surface area contributed by atoms with Crippen molar-refractivity contribution in [2.75, 3.05) is 13.2 Å². The Balaban J connectivity index is 2.35. The van der Waals surface area contributed by atoms with Gasteiger partial charge in [-0.1, -0.05) is 64.5 Å². The first-order valence-electron chi connectivity index (χ1n) is 8.68. The van der Waals surface area contributed by atoms with E-state index in [1.807, 2.05) is 18.2 Å². The van der Waals surface area contributed by atoms with Crippen LogP contribution in [0.5, 0.6) is 5.75 Å². The molecular formula is C19H30O3. The van der Waals surface area contributed by atoms with Gasteiger partial charge in [0.2, 0.25) is 0 Å². The van der Waals surface area contributed by atoms with Crippen molar-refractivity contribution in [2.45, 2.75) is 65.2 Å². The fraction of sp³-hybridized carbons (Fsp3) is 0.632. The fourth-order valence-electron chi connectivity index (χ4n) is 2.21. The van der Waals surface area contributed by atoms with Gasteiger partial charge in [-0.15, -0.1) is 0 Å². The van der Waals surface area contributed by atoms with Crippen molar-refractivity contribution in [2.24, 2.45) is 0 Å². The molecule has 0 N–H and O–H groups in total. The second kappa shape index (κ2) is 12.1. The molecule has 0 atom stereocenters. The molecule has 0 aliphatic carbocycles. The van der Waals surface area contributed by atoms with Gasteiger partial charge in [0.05, 0.1) is 13.2 Å². The maximum atomic E-state index is 12.0. The maximum absolute atomic E-state index is 12.0. The Hall–Kier alpha value is -1.51. The molecule has 0 saturated heterocycles.